The second-order valence-electron chi connectivity index (χ2n) is 5.82. The summed E-state index contributed by atoms with van der Waals surface area (Å²) in [6, 6.07) is 9.65. The second kappa shape index (κ2) is 9.71. The number of para-hydroxylation sites is 1. The van der Waals surface area contributed by atoms with Gasteiger partial charge in [-0.3, -0.25) is 9.78 Å². The van der Waals surface area contributed by atoms with E-state index in [9.17, 15) is 4.79 Å². The number of benzene rings is 1. The monoisotopic (exact) mass is 357 g/mol. The molecule has 1 atom stereocenters. The van der Waals surface area contributed by atoms with Crippen LogP contribution in [0.3, 0.4) is 0 Å². The molecule has 0 aliphatic heterocycles. The summed E-state index contributed by atoms with van der Waals surface area (Å²) in [4.78, 5) is 17.1. The Labute approximate surface area is 150 Å². The van der Waals surface area contributed by atoms with Crippen molar-refractivity contribution in [2.24, 2.45) is 11.7 Å². The molecule has 4 nitrogen and oxygen atoms in total. The molecule has 1 unspecified atom stereocenters. The summed E-state index contributed by atoms with van der Waals surface area (Å²) in [6.07, 6.45) is 0. The second-order valence-corrected chi connectivity index (χ2v) is 5.82. The molecule has 2 aromatic rings. The molecule has 1 aromatic heterocycles. The van der Waals surface area contributed by atoms with Crippen LogP contribution < -0.4 is 11.1 Å². The van der Waals surface area contributed by atoms with E-state index in [1.54, 1.807) is 0 Å². The van der Waals surface area contributed by atoms with Crippen LogP contribution >= 0.6 is 24.8 Å². The summed E-state index contributed by atoms with van der Waals surface area (Å²) in [5, 5.41) is 3.85. The highest BCUT2D eigenvalue weighted by atomic mass is 35.5. The highest BCUT2D eigenvalue weighted by Gasteiger charge is 2.14. The van der Waals surface area contributed by atoms with Gasteiger partial charge in [-0.1, -0.05) is 39.0 Å². The van der Waals surface area contributed by atoms with Gasteiger partial charge in [-0.25, -0.2) is 0 Å². The highest BCUT2D eigenvalue weighted by molar-refractivity contribution is 6.06. The predicted molar refractivity (Wildman–Crippen MR) is 101 cm³/mol. The fraction of sp³-hybridized carbons (Fsp3) is 0.412. The van der Waals surface area contributed by atoms with E-state index < -0.39 is 0 Å². The van der Waals surface area contributed by atoms with Crippen molar-refractivity contribution in [3.8, 4) is 0 Å². The molecule has 0 spiro atoms. The number of nitrogens with two attached hydrogens (primary N) is 1. The zero-order chi connectivity index (χ0) is 15.4. The molecular weight excluding hydrogens is 333 g/mol. The Balaban J connectivity index is 0.00000242. The number of rotatable bonds is 5. The molecule has 2 rings (SSSR count). The number of carbonyl (C=O) groups is 1. The number of halogens is 2. The van der Waals surface area contributed by atoms with Crippen LogP contribution in [0, 0.1) is 5.92 Å². The van der Waals surface area contributed by atoms with Gasteiger partial charge in [-0.15, -0.1) is 24.8 Å². The Morgan fingerprint density at radius 3 is 2.48 bits per heavy atom. The Morgan fingerprint density at radius 2 is 1.87 bits per heavy atom. The first-order valence-electron chi connectivity index (χ1n) is 7.41. The van der Waals surface area contributed by atoms with Crippen molar-refractivity contribution in [1.82, 2.24) is 10.3 Å². The highest BCUT2D eigenvalue weighted by Crippen LogP contribution is 2.22. The Hall–Kier alpha value is -1.36. The van der Waals surface area contributed by atoms with E-state index in [4.69, 9.17) is 5.73 Å². The van der Waals surface area contributed by atoms with E-state index in [-0.39, 0.29) is 42.6 Å². The number of fused-ring (bicyclic) bond motifs is 1. The van der Waals surface area contributed by atoms with Gasteiger partial charge >= 0.3 is 0 Å². The minimum Gasteiger partial charge on any atom is -0.352 e. The zero-order valence-corrected chi connectivity index (χ0v) is 15.3. The number of pyridine rings is 1. The van der Waals surface area contributed by atoms with Crippen LogP contribution in [0.15, 0.2) is 30.3 Å². The number of aromatic nitrogens is 1. The van der Waals surface area contributed by atoms with Gasteiger partial charge in [0.1, 0.15) is 0 Å². The van der Waals surface area contributed by atoms with Gasteiger partial charge in [0.05, 0.1) is 11.1 Å². The average molecular weight is 358 g/mol. The number of amides is 1. The van der Waals surface area contributed by atoms with Crippen molar-refractivity contribution < 1.29 is 4.79 Å². The lowest BCUT2D eigenvalue weighted by Crippen LogP contribution is -2.31. The lowest BCUT2D eigenvalue weighted by molar-refractivity contribution is 0.0950. The molecular formula is C17H25Cl2N3O. The van der Waals surface area contributed by atoms with E-state index in [0.29, 0.717) is 18.7 Å². The van der Waals surface area contributed by atoms with E-state index in [0.717, 1.165) is 16.6 Å². The summed E-state index contributed by atoms with van der Waals surface area (Å²) >= 11 is 0. The quantitative estimate of drug-likeness (QED) is 0.859. The van der Waals surface area contributed by atoms with Gasteiger partial charge in [0.2, 0.25) is 0 Å². The fourth-order valence-electron chi connectivity index (χ4n) is 2.12. The third-order valence-electron chi connectivity index (χ3n) is 3.59. The Morgan fingerprint density at radius 1 is 1.22 bits per heavy atom. The third kappa shape index (κ3) is 5.34. The minimum atomic E-state index is -0.0594. The van der Waals surface area contributed by atoms with E-state index in [1.807, 2.05) is 37.3 Å². The van der Waals surface area contributed by atoms with Gasteiger partial charge in [0.15, 0.2) is 0 Å². The largest absolute Gasteiger partial charge is 0.352 e. The van der Waals surface area contributed by atoms with Crippen LogP contribution in [-0.4, -0.2) is 24.0 Å². The van der Waals surface area contributed by atoms with E-state index in [1.165, 1.54) is 0 Å². The van der Waals surface area contributed by atoms with Crippen LogP contribution in [0.1, 0.15) is 42.7 Å². The van der Waals surface area contributed by atoms with Crippen LogP contribution in [0.2, 0.25) is 0 Å². The van der Waals surface area contributed by atoms with Crippen molar-refractivity contribution in [3.05, 3.63) is 41.6 Å². The Kier molecular flexibility index (Phi) is 9.13. The lowest BCUT2D eigenvalue weighted by Gasteiger charge is -2.13. The molecule has 0 saturated heterocycles. The zero-order valence-electron chi connectivity index (χ0n) is 13.7. The lowest BCUT2D eigenvalue weighted by atomic mass is 10.0. The van der Waals surface area contributed by atoms with Crippen LogP contribution in [0.5, 0.6) is 0 Å². The topological polar surface area (TPSA) is 68.0 Å². The van der Waals surface area contributed by atoms with Crippen LogP contribution in [0.25, 0.3) is 10.9 Å². The Bertz CT molecular complexity index is 647. The van der Waals surface area contributed by atoms with Gasteiger partial charge in [-0.2, -0.15) is 0 Å². The number of carbonyl (C=O) groups excluding carboxylic acids is 1. The molecule has 6 heteroatoms. The molecule has 1 aromatic carbocycles. The number of hydrogen-bond acceptors (Lipinski definition) is 3. The molecule has 128 valence electrons. The van der Waals surface area contributed by atoms with Crippen molar-refractivity contribution in [3.63, 3.8) is 0 Å². The van der Waals surface area contributed by atoms with Crippen molar-refractivity contribution in [2.75, 3.05) is 13.1 Å². The molecule has 0 radical (unpaired) electrons. The average Bonchev–Trinajstić information content (AvgIpc) is 2.50. The van der Waals surface area contributed by atoms with Gasteiger partial charge in [-0.05, 0) is 30.5 Å². The molecule has 0 aliphatic rings. The third-order valence-corrected chi connectivity index (χ3v) is 3.59. The van der Waals surface area contributed by atoms with Gasteiger partial charge in [0, 0.05) is 17.6 Å². The molecule has 0 fully saturated rings. The molecule has 0 bridgehead atoms. The summed E-state index contributed by atoms with van der Waals surface area (Å²) in [5.41, 5.74) is 8.08. The van der Waals surface area contributed by atoms with Crippen molar-refractivity contribution >= 4 is 41.6 Å². The summed E-state index contributed by atoms with van der Waals surface area (Å²) < 4.78 is 0. The molecule has 23 heavy (non-hydrogen) atoms. The van der Waals surface area contributed by atoms with E-state index >= 15 is 0 Å². The number of hydrogen-bond donors (Lipinski definition) is 2. The van der Waals surface area contributed by atoms with Gasteiger partial charge in [0.25, 0.3) is 5.91 Å². The van der Waals surface area contributed by atoms with Crippen molar-refractivity contribution in [2.45, 2.75) is 26.7 Å². The maximum absolute atomic E-state index is 12.5. The number of nitrogens with zero attached hydrogens (tertiary/aromatic N) is 1. The number of nitrogens with one attached hydrogen (secondary N) is 1. The normalized spacial score (nSPS) is 11.5. The minimum absolute atomic E-state index is 0. The molecule has 3 N–H and O–H groups in total. The summed E-state index contributed by atoms with van der Waals surface area (Å²) in [6.45, 7) is 7.33. The maximum atomic E-state index is 12.5. The maximum Gasteiger partial charge on any atom is 0.252 e. The van der Waals surface area contributed by atoms with Gasteiger partial charge < -0.3 is 11.1 Å². The van der Waals surface area contributed by atoms with Crippen molar-refractivity contribution in [1.29, 1.82) is 0 Å². The molecule has 1 heterocycles. The first-order valence-corrected chi connectivity index (χ1v) is 7.41. The standard InChI is InChI=1S/C17H23N3O.2ClH/c1-11(2)16-8-14(17(21)19-10-12(3)9-18)13-6-4-5-7-15(13)20-16;;/h4-8,11-12H,9-10,18H2,1-3H3,(H,19,21);2*1H. The molecule has 1 amide bonds. The first-order chi connectivity index (χ1) is 10.0. The SMILES string of the molecule is CC(CN)CNC(=O)c1cc(C(C)C)nc2ccccc12.Cl.Cl. The van der Waals surface area contributed by atoms with Crippen LogP contribution in [-0.2, 0) is 0 Å². The van der Waals surface area contributed by atoms with Crippen LogP contribution in [0.4, 0.5) is 0 Å². The molecule has 0 saturated carbocycles. The predicted octanol–water partition coefficient (Wildman–Crippen LogP) is 3.53. The van der Waals surface area contributed by atoms with E-state index in [2.05, 4.69) is 24.1 Å². The molecule has 0 aliphatic carbocycles. The summed E-state index contributed by atoms with van der Waals surface area (Å²) in [7, 11) is 0. The fourth-order valence-corrected chi connectivity index (χ4v) is 2.12. The summed E-state index contributed by atoms with van der Waals surface area (Å²) in [5.74, 6) is 0.492. The first kappa shape index (κ1) is 21.6. The smallest absolute Gasteiger partial charge is 0.252 e.